The third-order valence-corrected chi connectivity index (χ3v) is 3.07. The molecule has 0 aliphatic heterocycles. The Morgan fingerprint density at radius 1 is 1.43 bits per heavy atom. The normalized spacial score (nSPS) is 20.6. The van der Waals surface area contributed by atoms with Gasteiger partial charge in [0.1, 0.15) is 0 Å². The minimum atomic E-state index is -0.244. The molecule has 1 aliphatic carbocycles. The Kier molecular flexibility index (Phi) is 5.45. The van der Waals surface area contributed by atoms with E-state index in [0.717, 1.165) is 25.4 Å². The van der Waals surface area contributed by atoms with Crippen LogP contribution in [0.5, 0.6) is 0 Å². The van der Waals surface area contributed by atoms with Gasteiger partial charge in [-0.1, -0.05) is 12.8 Å². The van der Waals surface area contributed by atoms with Gasteiger partial charge in [-0.25, -0.2) is 0 Å². The van der Waals surface area contributed by atoms with Crippen molar-refractivity contribution in [2.24, 2.45) is 11.7 Å². The molecule has 0 bridgehead atoms. The van der Waals surface area contributed by atoms with Crippen LogP contribution < -0.4 is 5.73 Å². The predicted octanol–water partition coefficient (Wildman–Crippen LogP) is 0.818. The first-order valence-corrected chi connectivity index (χ1v) is 5.79. The third-order valence-electron chi connectivity index (χ3n) is 3.07. The van der Waals surface area contributed by atoms with E-state index < -0.39 is 0 Å². The van der Waals surface area contributed by atoms with Crippen molar-refractivity contribution >= 4 is 0 Å². The summed E-state index contributed by atoms with van der Waals surface area (Å²) in [5.41, 5.74) is 5.39. The zero-order valence-corrected chi connectivity index (χ0v) is 9.28. The highest BCUT2D eigenvalue weighted by atomic mass is 16.3. The fourth-order valence-corrected chi connectivity index (χ4v) is 2.35. The lowest BCUT2D eigenvalue weighted by Crippen LogP contribution is -2.33. The molecule has 3 nitrogen and oxygen atoms in total. The maximum Gasteiger partial charge on any atom is 0.0679 e. The molecule has 0 saturated heterocycles. The predicted molar refractivity (Wildman–Crippen MR) is 59.1 cm³/mol. The summed E-state index contributed by atoms with van der Waals surface area (Å²) in [4.78, 5) is 2.25. The largest absolute Gasteiger partial charge is 0.392 e. The summed E-state index contributed by atoms with van der Waals surface area (Å²) in [5, 5.41) is 9.57. The first kappa shape index (κ1) is 12.0. The lowest BCUT2D eigenvalue weighted by Gasteiger charge is -2.23. The van der Waals surface area contributed by atoms with Gasteiger partial charge in [-0.15, -0.1) is 0 Å². The van der Waals surface area contributed by atoms with E-state index in [2.05, 4.69) is 11.9 Å². The number of nitrogens with zero attached hydrogens (tertiary/aromatic N) is 1. The second-order valence-electron chi connectivity index (χ2n) is 4.60. The molecule has 0 aromatic carbocycles. The SMILES string of the molecule is CN(CC(O)CCN)CC1CCCC1. The topological polar surface area (TPSA) is 49.5 Å². The molecule has 3 N–H and O–H groups in total. The Balaban J connectivity index is 2.10. The summed E-state index contributed by atoms with van der Waals surface area (Å²) in [6.45, 7) is 2.49. The number of aliphatic hydroxyl groups is 1. The molecule has 84 valence electrons. The van der Waals surface area contributed by atoms with E-state index in [0.29, 0.717) is 6.54 Å². The maximum absolute atomic E-state index is 9.57. The molecule has 3 heteroatoms. The number of aliphatic hydroxyl groups excluding tert-OH is 1. The minimum absolute atomic E-state index is 0.244. The van der Waals surface area contributed by atoms with Gasteiger partial charge in [0.15, 0.2) is 0 Å². The zero-order chi connectivity index (χ0) is 10.4. The molecule has 1 rings (SSSR count). The fourth-order valence-electron chi connectivity index (χ4n) is 2.35. The van der Waals surface area contributed by atoms with Gasteiger partial charge >= 0.3 is 0 Å². The molecule has 0 amide bonds. The van der Waals surface area contributed by atoms with Crippen molar-refractivity contribution < 1.29 is 5.11 Å². The summed E-state index contributed by atoms with van der Waals surface area (Å²) in [5.74, 6) is 0.866. The van der Waals surface area contributed by atoms with Crippen molar-refractivity contribution in [3.63, 3.8) is 0 Å². The van der Waals surface area contributed by atoms with Crippen LogP contribution in [0.1, 0.15) is 32.1 Å². The van der Waals surface area contributed by atoms with Crippen LogP contribution in [0.4, 0.5) is 0 Å². The first-order valence-electron chi connectivity index (χ1n) is 5.79. The Morgan fingerprint density at radius 3 is 2.64 bits per heavy atom. The summed E-state index contributed by atoms with van der Waals surface area (Å²) in [6.07, 6.45) is 6.00. The monoisotopic (exact) mass is 200 g/mol. The number of hydrogen-bond donors (Lipinski definition) is 2. The third kappa shape index (κ3) is 4.40. The standard InChI is InChI=1S/C11H24N2O/c1-13(9-11(14)6-7-12)8-10-4-2-3-5-10/h10-11,14H,2-9,12H2,1H3. The van der Waals surface area contributed by atoms with Gasteiger partial charge in [-0.05, 0) is 38.8 Å². The van der Waals surface area contributed by atoms with Crippen molar-refractivity contribution in [2.75, 3.05) is 26.7 Å². The Bertz CT molecular complexity index is 146. The van der Waals surface area contributed by atoms with E-state index in [1.807, 2.05) is 0 Å². The van der Waals surface area contributed by atoms with Crippen LogP contribution in [0.2, 0.25) is 0 Å². The molecular weight excluding hydrogens is 176 g/mol. The smallest absolute Gasteiger partial charge is 0.0679 e. The molecule has 0 aromatic heterocycles. The van der Waals surface area contributed by atoms with Gasteiger partial charge in [0.2, 0.25) is 0 Å². The number of nitrogens with two attached hydrogens (primary N) is 1. The molecule has 0 aromatic rings. The second-order valence-corrected chi connectivity index (χ2v) is 4.60. The highest BCUT2D eigenvalue weighted by Crippen LogP contribution is 2.25. The molecule has 1 unspecified atom stereocenters. The van der Waals surface area contributed by atoms with Crippen molar-refractivity contribution in [2.45, 2.75) is 38.2 Å². The summed E-state index contributed by atoms with van der Waals surface area (Å²) < 4.78 is 0. The molecular formula is C11H24N2O. The molecule has 1 atom stereocenters. The van der Waals surface area contributed by atoms with E-state index in [9.17, 15) is 5.11 Å². The number of likely N-dealkylation sites (N-methyl/N-ethyl adjacent to an activating group) is 1. The minimum Gasteiger partial charge on any atom is -0.392 e. The van der Waals surface area contributed by atoms with Crippen molar-refractivity contribution in [1.82, 2.24) is 4.90 Å². The van der Waals surface area contributed by atoms with Gasteiger partial charge in [0.05, 0.1) is 6.10 Å². The fraction of sp³-hybridized carbons (Fsp3) is 1.00. The molecule has 1 fully saturated rings. The van der Waals surface area contributed by atoms with Gasteiger partial charge < -0.3 is 15.7 Å². The van der Waals surface area contributed by atoms with E-state index in [1.54, 1.807) is 0 Å². The van der Waals surface area contributed by atoms with E-state index in [4.69, 9.17) is 5.73 Å². The Morgan fingerprint density at radius 2 is 2.07 bits per heavy atom. The molecule has 0 radical (unpaired) electrons. The second kappa shape index (κ2) is 6.38. The van der Waals surface area contributed by atoms with Crippen LogP contribution in [-0.4, -0.2) is 42.8 Å². The van der Waals surface area contributed by atoms with Gasteiger partial charge in [-0.3, -0.25) is 0 Å². The molecule has 0 heterocycles. The lowest BCUT2D eigenvalue weighted by atomic mass is 10.1. The molecule has 1 saturated carbocycles. The molecule has 14 heavy (non-hydrogen) atoms. The summed E-state index contributed by atoms with van der Waals surface area (Å²) in [6, 6.07) is 0. The Labute approximate surface area is 87.3 Å². The molecule has 0 spiro atoms. The summed E-state index contributed by atoms with van der Waals surface area (Å²) in [7, 11) is 2.10. The first-order chi connectivity index (χ1) is 6.72. The number of rotatable bonds is 6. The highest BCUT2D eigenvalue weighted by Gasteiger charge is 2.17. The lowest BCUT2D eigenvalue weighted by molar-refractivity contribution is 0.112. The van der Waals surface area contributed by atoms with Gasteiger partial charge in [-0.2, -0.15) is 0 Å². The van der Waals surface area contributed by atoms with Crippen LogP contribution in [0.25, 0.3) is 0 Å². The average Bonchev–Trinajstić information content (AvgIpc) is 2.56. The van der Waals surface area contributed by atoms with Crippen LogP contribution in [0, 0.1) is 5.92 Å². The molecule has 1 aliphatic rings. The summed E-state index contributed by atoms with van der Waals surface area (Å²) >= 11 is 0. The van der Waals surface area contributed by atoms with Crippen LogP contribution in [0.15, 0.2) is 0 Å². The van der Waals surface area contributed by atoms with Gasteiger partial charge in [0.25, 0.3) is 0 Å². The number of hydrogen-bond acceptors (Lipinski definition) is 3. The van der Waals surface area contributed by atoms with Crippen LogP contribution >= 0.6 is 0 Å². The van der Waals surface area contributed by atoms with E-state index >= 15 is 0 Å². The van der Waals surface area contributed by atoms with Crippen LogP contribution in [0.3, 0.4) is 0 Å². The quantitative estimate of drug-likeness (QED) is 0.667. The average molecular weight is 200 g/mol. The Hall–Kier alpha value is -0.120. The maximum atomic E-state index is 9.57. The van der Waals surface area contributed by atoms with Crippen molar-refractivity contribution in [3.8, 4) is 0 Å². The van der Waals surface area contributed by atoms with E-state index in [1.165, 1.54) is 25.7 Å². The van der Waals surface area contributed by atoms with E-state index in [-0.39, 0.29) is 6.10 Å². The highest BCUT2D eigenvalue weighted by molar-refractivity contribution is 4.71. The van der Waals surface area contributed by atoms with Crippen LogP contribution in [-0.2, 0) is 0 Å². The van der Waals surface area contributed by atoms with Crippen molar-refractivity contribution in [3.05, 3.63) is 0 Å². The zero-order valence-electron chi connectivity index (χ0n) is 9.28. The van der Waals surface area contributed by atoms with Crippen molar-refractivity contribution in [1.29, 1.82) is 0 Å². The van der Waals surface area contributed by atoms with Gasteiger partial charge in [0, 0.05) is 13.1 Å².